The number of carbonyl (C=O) groups is 2. The monoisotopic (exact) mass is 974 g/mol. The molecular formula is C46H54F4N14O6. The van der Waals surface area contributed by atoms with Gasteiger partial charge in [-0.2, -0.15) is 19.2 Å². The smallest absolute Gasteiger partial charge is 0.274 e. The maximum atomic E-state index is 13.3. The third-order valence-electron chi connectivity index (χ3n) is 13.4. The second-order valence-electron chi connectivity index (χ2n) is 18.2. The van der Waals surface area contributed by atoms with Gasteiger partial charge in [-0.25, -0.2) is 27.5 Å². The highest BCUT2D eigenvalue weighted by Gasteiger charge is 2.47. The summed E-state index contributed by atoms with van der Waals surface area (Å²) >= 11 is 0. The number of rotatable bonds is 14. The van der Waals surface area contributed by atoms with Crippen molar-refractivity contribution in [3.8, 4) is 0 Å². The number of nitrogens with zero attached hydrogens (tertiary/aromatic N) is 8. The predicted octanol–water partition coefficient (Wildman–Crippen LogP) is 5.89. The van der Waals surface area contributed by atoms with Crippen molar-refractivity contribution in [2.24, 2.45) is 0 Å². The average molecular weight is 975 g/mol. The SMILES string of the molecule is CNc1cc(Nc2cccn(C3CC(F)(F)C3)c2=O)nc2c(C(=O)N[C@@H]3CC[C@@H](OC)C3)cnn12.CNc1cc(Nc2cccn(C3CC(F)(F)C3)c2=O)nc2c(C(=O)N[C@H]3CC[C@H](OC)C3)cnn12. The lowest BCUT2D eigenvalue weighted by Crippen LogP contribution is -2.41. The van der Waals surface area contributed by atoms with Crippen molar-refractivity contribution < 1.29 is 36.6 Å². The van der Waals surface area contributed by atoms with Crippen molar-refractivity contribution in [2.75, 3.05) is 49.6 Å². The van der Waals surface area contributed by atoms with E-state index < -0.39 is 35.0 Å². The summed E-state index contributed by atoms with van der Waals surface area (Å²) in [5.74, 6) is -4.33. The van der Waals surface area contributed by atoms with Gasteiger partial charge < -0.3 is 50.5 Å². The van der Waals surface area contributed by atoms with Gasteiger partial charge in [-0.3, -0.25) is 19.2 Å². The zero-order chi connectivity index (χ0) is 49.5. The van der Waals surface area contributed by atoms with Crippen LogP contribution in [0.1, 0.15) is 97.0 Å². The van der Waals surface area contributed by atoms with Crippen LogP contribution < -0.4 is 43.0 Å². The second kappa shape index (κ2) is 19.4. The molecule has 6 aromatic heterocycles. The molecule has 0 bridgehead atoms. The van der Waals surface area contributed by atoms with Crippen molar-refractivity contribution in [3.63, 3.8) is 0 Å². The molecule has 6 aromatic rings. The molecule has 10 rings (SSSR count). The topological polar surface area (TPSA) is 229 Å². The van der Waals surface area contributed by atoms with Crippen LogP contribution in [0.2, 0.25) is 0 Å². The highest BCUT2D eigenvalue weighted by molar-refractivity contribution is 6.01. The van der Waals surface area contributed by atoms with Gasteiger partial charge in [0.05, 0.1) is 24.6 Å². The number of nitrogens with one attached hydrogen (secondary N) is 6. The van der Waals surface area contributed by atoms with Crippen LogP contribution >= 0.6 is 0 Å². The Morgan fingerprint density at radius 3 is 1.39 bits per heavy atom. The summed E-state index contributed by atoms with van der Waals surface area (Å²) in [5, 5.41) is 26.6. The van der Waals surface area contributed by atoms with Gasteiger partial charge in [-0.05, 0) is 62.8 Å². The van der Waals surface area contributed by atoms with Gasteiger partial charge in [0.2, 0.25) is 0 Å². The molecule has 4 saturated carbocycles. The average Bonchev–Trinajstić information content (AvgIpc) is 4.16. The van der Waals surface area contributed by atoms with Gasteiger partial charge in [0.15, 0.2) is 11.3 Å². The van der Waals surface area contributed by atoms with Gasteiger partial charge in [0.1, 0.15) is 45.8 Å². The molecule has 0 aliphatic heterocycles. The molecule has 0 unspecified atom stereocenters. The normalized spacial score (nSPS) is 21.6. The first-order valence-corrected chi connectivity index (χ1v) is 23.1. The molecule has 4 aliphatic rings. The molecule has 0 saturated heterocycles. The minimum Gasteiger partial charge on any atom is -0.381 e. The molecule has 6 heterocycles. The molecule has 0 aromatic carbocycles. The zero-order valence-electron chi connectivity index (χ0n) is 38.8. The maximum Gasteiger partial charge on any atom is 0.274 e. The van der Waals surface area contributed by atoms with E-state index in [1.807, 2.05) is 0 Å². The van der Waals surface area contributed by atoms with Crippen molar-refractivity contribution in [3.05, 3.63) is 93.0 Å². The number of carbonyl (C=O) groups excluding carboxylic acids is 2. The Morgan fingerprint density at radius 1 is 0.643 bits per heavy atom. The fourth-order valence-corrected chi connectivity index (χ4v) is 9.54. The van der Waals surface area contributed by atoms with Crippen molar-refractivity contribution in [2.45, 2.75) is 112 Å². The number of anilines is 6. The van der Waals surface area contributed by atoms with Crippen molar-refractivity contribution in [1.29, 1.82) is 0 Å². The summed E-state index contributed by atoms with van der Waals surface area (Å²) in [6.45, 7) is 0. The first-order valence-electron chi connectivity index (χ1n) is 23.1. The van der Waals surface area contributed by atoms with Crippen LogP contribution in [-0.2, 0) is 9.47 Å². The van der Waals surface area contributed by atoms with E-state index in [-0.39, 0.29) is 73.2 Å². The molecule has 0 radical (unpaired) electrons. The third kappa shape index (κ3) is 9.86. The van der Waals surface area contributed by atoms with Crippen LogP contribution in [0.3, 0.4) is 0 Å². The summed E-state index contributed by atoms with van der Waals surface area (Å²) in [7, 11) is 6.74. The number of hydrogen-bond acceptors (Lipinski definition) is 14. The number of amides is 2. The molecule has 2 amide bonds. The first-order chi connectivity index (χ1) is 33.5. The van der Waals surface area contributed by atoms with Crippen molar-refractivity contribution >= 4 is 57.8 Å². The van der Waals surface area contributed by atoms with E-state index >= 15 is 0 Å². The largest absolute Gasteiger partial charge is 0.381 e. The molecule has 4 atom stereocenters. The van der Waals surface area contributed by atoms with Crippen LogP contribution in [0, 0.1) is 0 Å². The Balaban J connectivity index is 0.000000174. The molecule has 24 heteroatoms. The zero-order valence-corrected chi connectivity index (χ0v) is 38.8. The summed E-state index contributed by atoms with van der Waals surface area (Å²) < 4.78 is 69.7. The van der Waals surface area contributed by atoms with Crippen molar-refractivity contribution in [1.82, 2.24) is 49.0 Å². The highest BCUT2D eigenvalue weighted by Crippen LogP contribution is 2.46. The quantitative estimate of drug-likeness (QED) is 0.0700. The number of pyridine rings is 2. The van der Waals surface area contributed by atoms with Crippen LogP contribution in [-0.4, -0.2) is 115 Å². The number of fused-ring (bicyclic) bond motifs is 2. The Morgan fingerprint density at radius 2 is 1.04 bits per heavy atom. The molecule has 0 spiro atoms. The molecular weight excluding hydrogens is 921 g/mol. The standard InChI is InChI=1S/2C23H27F2N7O3/c2*1-26-19-9-18(29-17-4-3-7-31(22(17)34)14-10-23(24,25)11-14)30-20-16(12-27-32(19)20)21(33)28-13-5-6-15(8-13)35-2/h2*3-4,7,9,12-15,26H,5-6,8,10-11H2,1-2H3,(H,28,33)(H,29,30)/t2*13-,15-/m10/s1. The van der Waals surface area contributed by atoms with E-state index in [9.17, 15) is 36.7 Å². The van der Waals surface area contributed by atoms with Gasteiger partial charge in [0.25, 0.3) is 34.8 Å². The second-order valence-corrected chi connectivity index (χ2v) is 18.2. The Hall–Kier alpha value is -7.08. The first kappa shape index (κ1) is 48.0. The van der Waals surface area contributed by atoms with Crippen LogP contribution in [0.5, 0.6) is 0 Å². The summed E-state index contributed by atoms with van der Waals surface area (Å²) in [4.78, 5) is 60.9. The lowest BCUT2D eigenvalue weighted by Gasteiger charge is -2.36. The van der Waals surface area contributed by atoms with E-state index in [0.29, 0.717) is 45.7 Å². The number of halogens is 4. The van der Waals surface area contributed by atoms with E-state index in [4.69, 9.17) is 9.47 Å². The number of methoxy groups -OCH3 is 2. The number of hydrogen-bond donors (Lipinski definition) is 6. The summed E-state index contributed by atoms with van der Waals surface area (Å²) in [6.07, 6.45) is 9.72. The van der Waals surface area contributed by atoms with Crippen LogP contribution in [0.15, 0.2) is 70.8 Å². The highest BCUT2D eigenvalue weighted by atomic mass is 19.3. The molecule has 4 fully saturated rings. The number of ether oxygens (including phenoxy) is 2. The van der Waals surface area contributed by atoms with Gasteiger partial charge in [-0.1, -0.05) is 0 Å². The lowest BCUT2D eigenvalue weighted by molar-refractivity contribution is -0.105. The number of alkyl halides is 4. The molecule has 372 valence electrons. The van der Waals surface area contributed by atoms with Crippen LogP contribution in [0.25, 0.3) is 11.3 Å². The van der Waals surface area contributed by atoms with Gasteiger partial charge >= 0.3 is 0 Å². The summed E-state index contributed by atoms with van der Waals surface area (Å²) in [5.41, 5.74) is 0.789. The Labute approximate surface area is 397 Å². The van der Waals surface area contributed by atoms with E-state index in [1.165, 1.54) is 43.0 Å². The molecule has 70 heavy (non-hydrogen) atoms. The minimum atomic E-state index is -2.73. The fourth-order valence-electron chi connectivity index (χ4n) is 9.54. The number of aromatic nitrogens is 8. The predicted molar refractivity (Wildman–Crippen MR) is 251 cm³/mol. The van der Waals surface area contributed by atoms with Crippen LogP contribution in [0.4, 0.5) is 52.2 Å². The van der Waals surface area contributed by atoms with E-state index in [2.05, 4.69) is 52.1 Å². The lowest BCUT2D eigenvalue weighted by atomic mass is 9.88. The maximum absolute atomic E-state index is 13.3. The van der Waals surface area contributed by atoms with Gasteiger partial charge in [0, 0.05) is 103 Å². The fraction of sp³-hybridized carbons (Fsp3) is 0.478. The third-order valence-corrected chi connectivity index (χ3v) is 13.4. The van der Waals surface area contributed by atoms with Gasteiger partial charge in [-0.15, -0.1) is 0 Å². The Bertz CT molecular complexity index is 2830. The minimum absolute atomic E-state index is 0.00847. The molecule has 6 N–H and O–H groups in total. The van der Waals surface area contributed by atoms with E-state index in [1.54, 1.807) is 64.7 Å². The molecule has 20 nitrogen and oxygen atoms in total. The Kier molecular flexibility index (Phi) is 13.3. The molecule has 4 aliphatic carbocycles. The summed E-state index contributed by atoms with van der Waals surface area (Å²) in [6, 6.07) is 8.62. The van der Waals surface area contributed by atoms with E-state index in [0.717, 1.165) is 38.5 Å².